The van der Waals surface area contributed by atoms with Gasteiger partial charge in [-0.2, -0.15) is 0 Å². The number of ether oxygens (including phenoxy) is 2. The Labute approximate surface area is 157 Å². The molecule has 2 N–H and O–H groups in total. The third kappa shape index (κ3) is 6.91. The van der Waals surface area contributed by atoms with Crippen molar-refractivity contribution in [3.63, 3.8) is 0 Å². The molecular weight excluding hydrogens is 348 g/mol. The number of carbonyl (C=O) groups is 3. The van der Waals surface area contributed by atoms with Crippen LogP contribution < -0.4 is 10.6 Å². The molecule has 27 heavy (non-hydrogen) atoms. The second-order valence-corrected chi connectivity index (χ2v) is 5.63. The number of methoxy groups -OCH3 is 1. The molecule has 0 atom stereocenters. The molecule has 0 aromatic heterocycles. The van der Waals surface area contributed by atoms with Gasteiger partial charge in [0, 0.05) is 19.2 Å². The van der Waals surface area contributed by atoms with E-state index < -0.39 is 24.4 Å². The van der Waals surface area contributed by atoms with Crippen LogP contribution in [0.2, 0.25) is 0 Å². The summed E-state index contributed by atoms with van der Waals surface area (Å²) in [5.74, 6) is -1.51. The summed E-state index contributed by atoms with van der Waals surface area (Å²) in [6.45, 7) is -0.00376. The predicted octanol–water partition coefficient (Wildman–Crippen LogP) is 1.39. The second-order valence-electron chi connectivity index (χ2n) is 5.63. The van der Waals surface area contributed by atoms with Gasteiger partial charge in [-0.25, -0.2) is 0 Å². The Kier molecular flexibility index (Phi) is 7.99. The van der Waals surface area contributed by atoms with Crippen molar-refractivity contribution in [2.24, 2.45) is 0 Å². The monoisotopic (exact) mass is 370 g/mol. The molecule has 2 rings (SSSR count). The van der Waals surface area contributed by atoms with Gasteiger partial charge in [-0.05, 0) is 23.3 Å². The first-order valence-electron chi connectivity index (χ1n) is 8.45. The van der Waals surface area contributed by atoms with Crippen LogP contribution >= 0.6 is 0 Å². The maximum absolute atomic E-state index is 12.1. The molecule has 0 aliphatic carbocycles. The van der Waals surface area contributed by atoms with Crippen molar-refractivity contribution >= 4 is 17.8 Å². The standard InChI is InChI=1S/C20H22N2O5/c1-26-12-11-21-18(23)14-27-19(24)13-22-20(25)17-9-7-16(8-10-17)15-5-3-2-4-6-15/h2-10H,11-14H2,1H3,(H,21,23)(H,22,25). The Morgan fingerprint density at radius 3 is 2.22 bits per heavy atom. The summed E-state index contributed by atoms with van der Waals surface area (Å²) in [6.07, 6.45) is 0. The van der Waals surface area contributed by atoms with Gasteiger partial charge in [0.15, 0.2) is 6.61 Å². The topological polar surface area (TPSA) is 93.7 Å². The van der Waals surface area contributed by atoms with Crippen LogP contribution in [0.5, 0.6) is 0 Å². The van der Waals surface area contributed by atoms with Crippen molar-refractivity contribution in [1.29, 1.82) is 0 Å². The summed E-state index contributed by atoms with van der Waals surface area (Å²) in [4.78, 5) is 35.1. The Morgan fingerprint density at radius 2 is 1.56 bits per heavy atom. The lowest BCUT2D eigenvalue weighted by Crippen LogP contribution is -2.34. The van der Waals surface area contributed by atoms with Gasteiger partial charge < -0.3 is 20.1 Å². The van der Waals surface area contributed by atoms with Crippen LogP contribution in [0.3, 0.4) is 0 Å². The molecule has 0 spiro atoms. The first kappa shape index (κ1) is 20.1. The fourth-order valence-corrected chi connectivity index (χ4v) is 2.24. The van der Waals surface area contributed by atoms with Crippen molar-refractivity contribution in [3.05, 3.63) is 60.2 Å². The van der Waals surface area contributed by atoms with Gasteiger partial charge in [0.05, 0.1) is 6.61 Å². The fourth-order valence-electron chi connectivity index (χ4n) is 2.24. The van der Waals surface area contributed by atoms with Gasteiger partial charge in [0.2, 0.25) is 0 Å². The lowest BCUT2D eigenvalue weighted by Gasteiger charge is -2.08. The van der Waals surface area contributed by atoms with E-state index in [9.17, 15) is 14.4 Å². The Balaban J connectivity index is 1.75. The van der Waals surface area contributed by atoms with E-state index in [0.29, 0.717) is 18.7 Å². The third-order valence-corrected chi connectivity index (χ3v) is 3.64. The smallest absolute Gasteiger partial charge is 0.325 e. The quantitative estimate of drug-likeness (QED) is 0.514. The molecule has 7 nitrogen and oxygen atoms in total. The van der Waals surface area contributed by atoms with Gasteiger partial charge in [0.1, 0.15) is 6.54 Å². The van der Waals surface area contributed by atoms with Gasteiger partial charge >= 0.3 is 5.97 Å². The summed E-state index contributed by atoms with van der Waals surface area (Å²) >= 11 is 0. The van der Waals surface area contributed by atoms with Gasteiger partial charge in [0.25, 0.3) is 11.8 Å². The zero-order valence-electron chi connectivity index (χ0n) is 15.1. The van der Waals surface area contributed by atoms with Crippen molar-refractivity contribution in [2.45, 2.75) is 0 Å². The zero-order valence-corrected chi connectivity index (χ0v) is 15.1. The van der Waals surface area contributed by atoms with Crippen LogP contribution in [0.15, 0.2) is 54.6 Å². The summed E-state index contributed by atoms with van der Waals surface area (Å²) in [5, 5.41) is 4.99. The number of nitrogens with one attached hydrogen (secondary N) is 2. The zero-order chi connectivity index (χ0) is 19.5. The largest absolute Gasteiger partial charge is 0.454 e. The van der Waals surface area contributed by atoms with Crippen LogP contribution in [0.1, 0.15) is 10.4 Å². The predicted molar refractivity (Wildman–Crippen MR) is 100 cm³/mol. The van der Waals surface area contributed by atoms with Crippen LogP contribution in [-0.2, 0) is 19.1 Å². The van der Waals surface area contributed by atoms with E-state index in [-0.39, 0.29) is 6.54 Å². The molecule has 2 aromatic carbocycles. The summed E-state index contributed by atoms with van der Waals surface area (Å²) in [5.41, 5.74) is 2.47. The number of hydrogen-bond donors (Lipinski definition) is 2. The first-order valence-corrected chi connectivity index (χ1v) is 8.45. The van der Waals surface area contributed by atoms with Crippen LogP contribution in [0, 0.1) is 0 Å². The van der Waals surface area contributed by atoms with E-state index in [1.54, 1.807) is 12.1 Å². The van der Waals surface area contributed by atoms with Crippen molar-refractivity contribution < 1.29 is 23.9 Å². The van der Waals surface area contributed by atoms with E-state index in [2.05, 4.69) is 10.6 Å². The average Bonchev–Trinajstić information content (AvgIpc) is 2.71. The molecule has 2 amide bonds. The van der Waals surface area contributed by atoms with Gasteiger partial charge in [-0.3, -0.25) is 14.4 Å². The van der Waals surface area contributed by atoms with Gasteiger partial charge in [-0.1, -0.05) is 42.5 Å². The lowest BCUT2D eigenvalue weighted by molar-refractivity contribution is -0.147. The molecule has 2 aromatic rings. The van der Waals surface area contributed by atoms with Crippen molar-refractivity contribution in [2.75, 3.05) is 33.4 Å². The molecule has 0 aliphatic rings. The van der Waals surface area contributed by atoms with E-state index >= 15 is 0 Å². The average molecular weight is 370 g/mol. The Morgan fingerprint density at radius 1 is 0.889 bits per heavy atom. The van der Waals surface area contributed by atoms with Crippen molar-refractivity contribution in [1.82, 2.24) is 10.6 Å². The second kappa shape index (κ2) is 10.7. The van der Waals surface area contributed by atoms with E-state index in [1.807, 2.05) is 42.5 Å². The highest BCUT2D eigenvalue weighted by atomic mass is 16.5. The number of amides is 2. The van der Waals surface area contributed by atoms with E-state index in [1.165, 1.54) is 7.11 Å². The highest BCUT2D eigenvalue weighted by Crippen LogP contribution is 2.19. The molecule has 0 bridgehead atoms. The molecule has 0 radical (unpaired) electrons. The first-order chi connectivity index (χ1) is 13.1. The minimum atomic E-state index is -0.689. The molecule has 142 valence electrons. The number of benzene rings is 2. The highest BCUT2D eigenvalue weighted by molar-refractivity contribution is 5.96. The molecular formula is C20H22N2O5. The fraction of sp³-hybridized carbons (Fsp3) is 0.250. The molecule has 0 aliphatic heterocycles. The Bertz CT molecular complexity index is 760. The molecule has 0 unspecified atom stereocenters. The molecule has 0 saturated carbocycles. The highest BCUT2D eigenvalue weighted by Gasteiger charge is 2.11. The van der Waals surface area contributed by atoms with Crippen molar-refractivity contribution in [3.8, 4) is 11.1 Å². The summed E-state index contributed by atoms with van der Waals surface area (Å²) < 4.78 is 9.58. The van der Waals surface area contributed by atoms with Crippen LogP contribution in [0.25, 0.3) is 11.1 Å². The number of hydrogen-bond acceptors (Lipinski definition) is 5. The normalized spacial score (nSPS) is 10.1. The lowest BCUT2D eigenvalue weighted by atomic mass is 10.0. The molecule has 7 heteroatoms. The maximum atomic E-state index is 12.1. The van der Waals surface area contributed by atoms with E-state index in [0.717, 1.165) is 11.1 Å². The SMILES string of the molecule is COCCNC(=O)COC(=O)CNC(=O)c1ccc(-c2ccccc2)cc1. The molecule has 0 heterocycles. The summed E-state index contributed by atoms with van der Waals surface area (Å²) in [6, 6.07) is 16.8. The number of carbonyl (C=O) groups excluding carboxylic acids is 3. The summed E-state index contributed by atoms with van der Waals surface area (Å²) in [7, 11) is 1.52. The maximum Gasteiger partial charge on any atom is 0.325 e. The Hall–Kier alpha value is -3.19. The van der Waals surface area contributed by atoms with Crippen LogP contribution in [-0.4, -0.2) is 51.2 Å². The van der Waals surface area contributed by atoms with E-state index in [4.69, 9.17) is 9.47 Å². The molecule has 0 saturated heterocycles. The molecule has 0 fully saturated rings. The minimum Gasteiger partial charge on any atom is -0.454 e. The third-order valence-electron chi connectivity index (χ3n) is 3.64. The number of esters is 1. The van der Waals surface area contributed by atoms with Crippen LogP contribution in [0.4, 0.5) is 0 Å². The van der Waals surface area contributed by atoms with Gasteiger partial charge in [-0.15, -0.1) is 0 Å². The number of rotatable bonds is 9. The minimum absolute atomic E-state index is 0.315.